The highest BCUT2D eigenvalue weighted by Crippen LogP contribution is 2.43. The van der Waals surface area contributed by atoms with Crippen molar-refractivity contribution in [2.75, 3.05) is 44.2 Å². The molecule has 6 rings (SSSR count). The quantitative estimate of drug-likeness (QED) is 0.674. The molecule has 1 aromatic carbocycles. The van der Waals surface area contributed by atoms with E-state index in [-0.39, 0.29) is 24.0 Å². The second kappa shape index (κ2) is 8.45. The zero-order valence-electron chi connectivity index (χ0n) is 18.7. The summed E-state index contributed by atoms with van der Waals surface area (Å²) in [7, 11) is 0. The highest BCUT2D eigenvalue weighted by Gasteiger charge is 2.41. The van der Waals surface area contributed by atoms with Crippen molar-refractivity contribution in [3.63, 3.8) is 0 Å². The molecule has 4 heterocycles. The van der Waals surface area contributed by atoms with E-state index >= 15 is 0 Å². The molecule has 0 atom stereocenters. The lowest BCUT2D eigenvalue weighted by Gasteiger charge is -2.49. The van der Waals surface area contributed by atoms with E-state index in [4.69, 9.17) is 4.74 Å². The summed E-state index contributed by atoms with van der Waals surface area (Å²) in [6.07, 6.45) is 7.21. The van der Waals surface area contributed by atoms with E-state index in [1.54, 1.807) is 0 Å². The van der Waals surface area contributed by atoms with E-state index in [1.165, 1.54) is 44.5 Å². The molecular weight excluding hydrogens is 390 g/mol. The Balaban J connectivity index is 1.21. The fourth-order valence-corrected chi connectivity index (χ4v) is 6.27. The third-order valence-corrected chi connectivity index (χ3v) is 8.31. The maximum atomic E-state index is 13.2. The second-order valence-electron chi connectivity index (χ2n) is 9.80. The summed E-state index contributed by atoms with van der Waals surface area (Å²) in [5.41, 5.74) is 2.82. The Labute approximate surface area is 185 Å². The molecule has 168 valence electrons. The molecule has 6 heteroatoms. The average molecular weight is 426 g/mol. The monoisotopic (exact) mass is 425 g/mol. The Morgan fingerprint density at radius 3 is 2.23 bits per heavy atom. The minimum absolute atomic E-state index is 0.00332. The molecule has 6 nitrogen and oxygen atoms in total. The van der Waals surface area contributed by atoms with Crippen LogP contribution in [0.1, 0.15) is 57.4 Å². The number of nitrogens with zero attached hydrogens (tertiary/aromatic N) is 3. The van der Waals surface area contributed by atoms with Crippen molar-refractivity contribution in [2.45, 2.75) is 63.3 Å². The number of rotatable bonds is 5. The standard InChI is InChI=1S/C25H35N3O3/c1-2-31-23(29)19-3-7-21(8-4-19)27-17-18-28(24(27)30)22-9-5-20(6-10-22)25-11-14-26(15-12-25)16-13-25/h5-6,9-10,19,21H,2-4,7-8,11-18H2,1H3. The van der Waals surface area contributed by atoms with Gasteiger partial charge in [-0.1, -0.05) is 12.1 Å². The lowest BCUT2D eigenvalue weighted by atomic mass is 9.67. The fourth-order valence-electron chi connectivity index (χ4n) is 6.27. The Bertz CT molecular complexity index is 794. The maximum absolute atomic E-state index is 13.2. The number of carbonyl (C=O) groups excluding carboxylic acids is 2. The van der Waals surface area contributed by atoms with Gasteiger partial charge in [0.1, 0.15) is 0 Å². The molecule has 0 radical (unpaired) electrons. The van der Waals surface area contributed by atoms with Crippen molar-refractivity contribution in [1.29, 1.82) is 0 Å². The van der Waals surface area contributed by atoms with Crippen LogP contribution in [0, 0.1) is 5.92 Å². The first-order valence-corrected chi connectivity index (χ1v) is 12.2. The predicted octanol–water partition coefficient (Wildman–Crippen LogP) is 3.79. The van der Waals surface area contributed by atoms with Crippen LogP contribution in [0.25, 0.3) is 0 Å². The minimum Gasteiger partial charge on any atom is -0.466 e. The summed E-state index contributed by atoms with van der Waals surface area (Å²) >= 11 is 0. The van der Waals surface area contributed by atoms with E-state index in [0.29, 0.717) is 12.0 Å². The van der Waals surface area contributed by atoms with E-state index in [1.807, 2.05) is 16.7 Å². The van der Waals surface area contributed by atoms with Crippen LogP contribution in [0.3, 0.4) is 0 Å². The summed E-state index contributed by atoms with van der Waals surface area (Å²) in [6.45, 7) is 7.48. The first-order chi connectivity index (χ1) is 15.1. The normalized spacial score (nSPS) is 33.1. The Hall–Kier alpha value is -2.08. The van der Waals surface area contributed by atoms with Crippen LogP contribution < -0.4 is 4.90 Å². The van der Waals surface area contributed by atoms with Crippen LogP contribution in [-0.4, -0.2) is 67.2 Å². The number of hydrogen-bond acceptors (Lipinski definition) is 4. The molecule has 4 aliphatic heterocycles. The smallest absolute Gasteiger partial charge is 0.324 e. The molecule has 5 fully saturated rings. The van der Waals surface area contributed by atoms with Gasteiger partial charge in [-0.05, 0) is 94.6 Å². The fraction of sp³-hybridized carbons (Fsp3) is 0.680. The topological polar surface area (TPSA) is 53.1 Å². The number of fused-ring (bicyclic) bond motifs is 3. The largest absolute Gasteiger partial charge is 0.466 e. The lowest BCUT2D eigenvalue weighted by molar-refractivity contribution is -0.149. The summed E-state index contributed by atoms with van der Waals surface area (Å²) in [5, 5.41) is 0. The van der Waals surface area contributed by atoms with Gasteiger partial charge in [0.2, 0.25) is 0 Å². The zero-order valence-corrected chi connectivity index (χ0v) is 18.7. The molecule has 0 spiro atoms. The first-order valence-electron chi connectivity index (χ1n) is 12.2. The summed E-state index contributed by atoms with van der Waals surface area (Å²) in [4.78, 5) is 31.7. The third-order valence-electron chi connectivity index (χ3n) is 8.31. The predicted molar refractivity (Wildman–Crippen MR) is 120 cm³/mol. The van der Waals surface area contributed by atoms with Crippen LogP contribution in [0.5, 0.6) is 0 Å². The van der Waals surface area contributed by atoms with E-state index in [9.17, 15) is 9.59 Å². The van der Waals surface area contributed by atoms with Gasteiger partial charge in [-0.25, -0.2) is 4.79 Å². The Morgan fingerprint density at radius 1 is 0.968 bits per heavy atom. The SMILES string of the molecule is CCOC(=O)C1CCC(N2CCN(c3ccc(C45CCN(CC4)CC5)cc3)C2=O)CC1. The molecule has 0 N–H and O–H groups in total. The van der Waals surface area contributed by atoms with E-state index in [0.717, 1.165) is 44.5 Å². The molecule has 4 saturated heterocycles. The molecule has 1 saturated carbocycles. The van der Waals surface area contributed by atoms with Gasteiger partial charge in [0, 0.05) is 24.8 Å². The van der Waals surface area contributed by atoms with Crippen molar-refractivity contribution in [2.24, 2.45) is 5.92 Å². The van der Waals surface area contributed by atoms with Gasteiger partial charge in [-0.3, -0.25) is 9.69 Å². The number of hydrogen-bond donors (Lipinski definition) is 0. The van der Waals surface area contributed by atoms with Gasteiger partial charge in [0.05, 0.1) is 12.5 Å². The van der Waals surface area contributed by atoms with Crippen LogP contribution in [-0.2, 0) is 14.9 Å². The highest BCUT2D eigenvalue weighted by atomic mass is 16.5. The van der Waals surface area contributed by atoms with Gasteiger partial charge >= 0.3 is 12.0 Å². The van der Waals surface area contributed by atoms with Crippen LogP contribution in [0.4, 0.5) is 10.5 Å². The molecular formula is C25H35N3O3. The number of benzene rings is 1. The van der Waals surface area contributed by atoms with Gasteiger partial charge in [0.25, 0.3) is 0 Å². The first kappa shape index (κ1) is 20.8. The van der Waals surface area contributed by atoms with Crippen molar-refractivity contribution < 1.29 is 14.3 Å². The van der Waals surface area contributed by atoms with Gasteiger partial charge < -0.3 is 14.5 Å². The van der Waals surface area contributed by atoms with E-state index in [2.05, 4.69) is 29.2 Å². The molecule has 31 heavy (non-hydrogen) atoms. The molecule has 1 aromatic rings. The van der Waals surface area contributed by atoms with Crippen LogP contribution in [0.2, 0.25) is 0 Å². The Morgan fingerprint density at radius 2 is 1.61 bits per heavy atom. The lowest BCUT2D eigenvalue weighted by Crippen LogP contribution is -2.50. The number of urea groups is 1. The third kappa shape index (κ3) is 3.84. The van der Waals surface area contributed by atoms with Gasteiger partial charge in [-0.15, -0.1) is 0 Å². The summed E-state index contributed by atoms with van der Waals surface area (Å²) in [5.74, 6) is -0.0675. The average Bonchev–Trinajstić information content (AvgIpc) is 3.22. The molecule has 5 aliphatic rings. The molecule has 2 amide bonds. The van der Waals surface area contributed by atoms with Crippen molar-refractivity contribution in [3.8, 4) is 0 Å². The summed E-state index contributed by atoms with van der Waals surface area (Å²) < 4.78 is 5.18. The zero-order chi connectivity index (χ0) is 21.4. The molecule has 0 aromatic heterocycles. The van der Waals surface area contributed by atoms with Crippen molar-refractivity contribution >= 4 is 17.7 Å². The van der Waals surface area contributed by atoms with Crippen LogP contribution in [0.15, 0.2) is 24.3 Å². The maximum Gasteiger partial charge on any atom is 0.324 e. The molecule has 1 aliphatic carbocycles. The van der Waals surface area contributed by atoms with Gasteiger partial charge in [-0.2, -0.15) is 0 Å². The molecule has 0 unspecified atom stereocenters. The van der Waals surface area contributed by atoms with Gasteiger partial charge in [0.15, 0.2) is 0 Å². The number of ether oxygens (including phenoxy) is 1. The van der Waals surface area contributed by atoms with Crippen LogP contribution >= 0.6 is 0 Å². The number of amides is 2. The number of piperidine rings is 3. The highest BCUT2D eigenvalue weighted by molar-refractivity contribution is 5.94. The number of esters is 1. The Kier molecular flexibility index (Phi) is 5.67. The van der Waals surface area contributed by atoms with Crippen molar-refractivity contribution in [1.82, 2.24) is 9.80 Å². The second-order valence-corrected chi connectivity index (χ2v) is 9.80. The number of anilines is 1. The number of carbonyl (C=O) groups is 2. The summed E-state index contributed by atoms with van der Waals surface area (Å²) in [6, 6.07) is 9.23. The minimum atomic E-state index is -0.0708. The van der Waals surface area contributed by atoms with Crippen molar-refractivity contribution in [3.05, 3.63) is 29.8 Å². The van der Waals surface area contributed by atoms with E-state index < -0.39 is 0 Å². The molecule has 2 bridgehead atoms.